The summed E-state index contributed by atoms with van der Waals surface area (Å²) in [5, 5.41) is 10.8. The molecular formula is C51H40N2. The van der Waals surface area contributed by atoms with Crippen molar-refractivity contribution in [3.8, 4) is 33.4 Å². The second kappa shape index (κ2) is 12.5. The Kier molecular flexibility index (Phi) is 7.64. The van der Waals surface area contributed by atoms with E-state index >= 15 is 0 Å². The van der Waals surface area contributed by atoms with Crippen molar-refractivity contribution in [3.63, 3.8) is 0 Å². The number of nitrogens with two attached hydrogens (primary N) is 1. The zero-order chi connectivity index (χ0) is 36.3. The van der Waals surface area contributed by atoms with Gasteiger partial charge >= 0.3 is 0 Å². The van der Waals surface area contributed by atoms with Gasteiger partial charge in [0.25, 0.3) is 0 Å². The molecule has 10 rings (SSSR count). The minimum atomic E-state index is -0.438. The summed E-state index contributed by atoms with van der Waals surface area (Å²) in [4.78, 5) is 0. The highest BCUT2D eigenvalue weighted by Crippen LogP contribution is 2.67. The second-order valence-corrected chi connectivity index (χ2v) is 14.0. The van der Waals surface area contributed by atoms with Gasteiger partial charge in [-0.1, -0.05) is 164 Å². The molecular weight excluding hydrogens is 641 g/mol. The van der Waals surface area contributed by atoms with Crippen LogP contribution in [-0.4, -0.2) is 7.05 Å². The topological polar surface area (TPSA) is 38.0 Å². The Hall–Kier alpha value is -6.64. The number of hydrogen-bond donors (Lipinski definition) is 2. The van der Waals surface area contributed by atoms with Crippen LogP contribution in [0.25, 0.3) is 65.7 Å². The Morgan fingerprint density at radius 3 is 1.57 bits per heavy atom. The summed E-state index contributed by atoms with van der Waals surface area (Å²) in [6.45, 7) is 9.22. The molecule has 3 N–H and O–H groups in total. The first-order chi connectivity index (χ1) is 26.0. The molecule has 2 aliphatic carbocycles. The molecule has 254 valence electrons. The van der Waals surface area contributed by atoms with Gasteiger partial charge in [-0.25, -0.2) is 0 Å². The number of benzene rings is 8. The third-order valence-electron chi connectivity index (χ3n) is 11.3. The Labute approximate surface area is 311 Å². The van der Waals surface area contributed by atoms with Crippen LogP contribution in [0.1, 0.15) is 27.8 Å². The van der Waals surface area contributed by atoms with Gasteiger partial charge in [0.2, 0.25) is 0 Å². The molecule has 1 spiro atoms. The van der Waals surface area contributed by atoms with E-state index in [1.807, 2.05) is 0 Å². The van der Waals surface area contributed by atoms with Gasteiger partial charge in [0.1, 0.15) is 0 Å². The van der Waals surface area contributed by atoms with Crippen molar-refractivity contribution in [2.24, 2.45) is 5.73 Å². The zero-order valence-corrected chi connectivity index (χ0v) is 30.1. The fraction of sp³-hybridized carbons (Fsp3) is 0.0588. The molecule has 0 unspecified atom stereocenters. The van der Waals surface area contributed by atoms with Crippen molar-refractivity contribution < 1.29 is 0 Å². The highest BCUT2D eigenvalue weighted by atomic mass is 14.8. The van der Waals surface area contributed by atoms with Crippen molar-refractivity contribution in [2.75, 3.05) is 7.05 Å². The van der Waals surface area contributed by atoms with Crippen LogP contribution in [-0.2, 0) is 5.41 Å². The summed E-state index contributed by atoms with van der Waals surface area (Å²) in [6, 6.07) is 57.1. The quantitative estimate of drug-likeness (QED) is 0.143. The minimum Gasteiger partial charge on any atom is -0.397 e. The molecule has 2 aliphatic rings. The number of hydrogen-bond acceptors (Lipinski definition) is 2. The standard InChI is InChI=1S/C44H28.C7H12N2/c1-27-22-24-28(25-23-27)37-26-38-41-34-17-5-2-12-29(34)30-13-3-7-19-36(30)43(41)44(42(38)35-18-6-4-14-31(35)37)39-20-10-8-15-32(39)33-16-9-11-21-40(33)44;1-4-6(8)7(5-2)9-3/h2-26H,1H3;4-5,9H,1-2,8H2,3H3/b;7-6-. The first-order valence-corrected chi connectivity index (χ1v) is 18.2. The minimum absolute atomic E-state index is 0.438. The molecule has 0 saturated carbocycles. The van der Waals surface area contributed by atoms with Gasteiger partial charge in [0, 0.05) is 7.05 Å². The van der Waals surface area contributed by atoms with Crippen LogP contribution in [0.15, 0.2) is 188 Å². The molecule has 8 aromatic carbocycles. The van der Waals surface area contributed by atoms with Crippen molar-refractivity contribution >= 4 is 32.3 Å². The van der Waals surface area contributed by atoms with Gasteiger partial charge in [0.15, 0.2) is 0 Å². The predicted octanol–water partition coefficient (Wildman–Crippen LogP) is 12.2. The Morgan fingerprint density at radius 1 is 0.528 bits per heavy atom. The summed E-state index contributed by atoms with van der Waals surface area (Å²) < 4.78 is 0. The maximum atomic E-state index is 5.47. The van der Waals surface area contributed by atoms with Gasteiger partial charge in [-0.05, 0) is 113 Å². The molecule has 2 heteroatoms. The number of aryl methyl sites for hydroxylation is 1. The van der Waals surface area contributed by atoms with E-state index < -0.39 is 5.41 Å². The maximum Gasteiger partial charge on any atom is 0.0737 e. The van der Waals surface area contributed by atoms with Crippen LogP contribution in [0.5, 0.6) is 0 Å². The summed E-state index contributed by atoms with van der Waals surface area (Å²) in [5.74, 6) is 0. The number of likely N-dealkylation sites (N-methyl/N-ethyl adjacent to an activating group) is 1. The van der Waals surface area contributed by atoms with Crippen LogP contribution in [0.4, 0.5) is 0 Å². The molecule has 8 aromatic rings. The first-order valence-electron chi connectivity index (χ1n) is 18.2. The van der Waals surface area contributed by atoms with Crippen molar-refractivity contribution in [3.05, 3.63) is 216 Å². The fourth-order valence-electron chi connectivity index (χ4n) is 9.13. The van der Waals surface area contributed by atoms with Gasteiger partial charge in [-0.3, -0.25) is 0 Å². The SMILES string of the molecule is C=C/C(N)=C(\C=C)NC.Cc1ccc(-c2cc3c(c4ccccc24)C2(c4ccccc4-c4ccccc42)c2c-3c3ccccc3c3ccccc23)cc1. The second-order valence-electron chi connectivity index (χ2n) is 14.0. The molecule has 0 heterocycles. The number of rotatable bonds is 4. The largest absolute Gasteiger partial charge is 0.397 e. The number of fused-ring (bicyclic) bond motifs is 17. The Morgan fingerprint density at radius 2 is 1.02 bits per heavy atom. The summed E-state index contributed by atoms with van der Waals surface area (Å²) in [5.41, 5.74) is 21.3. The molecule has 2 nitrogen and oxygen atoms in total. The molecule has 0 fully saturated rings. The highest BCUT2D eigenvalue weighted by molar-refractivity contribution is 6.22. The van der Waals surface area contributed by atoms with E-state index in [9.17, 15) is 0 Å². The molecule has 0 amide bonds. The van der Waals surface area contributed by atoms with Gasteiger partial charge in [-0.15, -0.1) is 0 Å². The molecule has 0 aromatic heterocycles. The van der Waals surface area contributed by atoms with Gasteiger partial charge in [-0.2, -0.15) is 0 Å². The first kappa shape index (κ1) is 32.3. The Bertz CT molecular complexity index is 2770. The van der Waals surface area contributed by atoms with Crippen LogP contribution < -0.4 is 11.1 Å². The average molecular weight is 681 g/mol. The normalized spacial score (nSPS) is 13.4. The lowest BCUT2D eigenvalue weighted by Crippen LogP contribution is -2.26. The molecule has 0 radical (unpaired) electrons. The van der Waals surface area contributed by atoms with Crippen LogP contribution in [0, 0.1) is 6.92 Å². The Balaban J connectivity index is 0.000000370. The molecule has 0 saturated heterocycles. The van der Waals surface area contributed by atoms with E-state index in [0.717, 1.165) is 5.70 Å². The monoisotopic (exact) mass is 680 g/mol. The fourth-order valence-corrected chi connectivity index (χ4v) is 9.13. The molecule has 0 bridgehead atoms. The predicted molar refractivity (Wildman–Crippen MR) is 226 cm³/mol. The van der Waals surface area contributed by atoms with E-state index in [1.165, 1.54) is 93.5 Å². The summed E-state index contributed by atoms with van der Waals surface area (Å²) >= 11 is 0. The van der Waals surface area contributed by atoms with Crippen molar-refractivity contribution in [1.82, 2.24) is 5.32 Å². The molecule has 53 heavy (non-hydrogen) atoms. The summed E-state index contributed by atoms with van der Waals surface area (Å²) in [7, 11) is 1.79. The van der Waals surface area contributed by atoms with Crippen LogP contribution >= 0.6 is 0 Å². The van der Waals surface area contributed by atoms with E-state index in [0.29, 0.717) is 5.70 Å². The number of allylic oxidation sites excluding steroid dienone is 2. The maximum absolute atomic E-state index is 5.47. The zero-order valence-electron chi connectivity index (χ0n) is 30.1. The van der Waals surface area contributed by atoms with E-state index in [2.05, 4.69) is 177 Å². The number of nitrogens with one attached hydrogen (secondary N) is 1. The third-order valence-corrected chi connectivity index (χ3v) is 11.3. The van der Waals surface area contributed by atoms with E-state index in [-0.39, 0.29) is 0 Å². The lowest BCUT2D eigenvalue weighted by atomic mass is 9.68. The van der Waals surface area contributed by atoms with E-state index in [1.54, 1.807) is 19.2 Å². The third kappa shape index (κ3) is 4.59. The van der Waals surface area contributed by atoms with Crippen LogP contribution in [0.2, 0.25) is 0 Å². The lowest BCUT2D eigenvalue weighted by molar-refractivity contribution is 0.809. The highest BCUT2D eigenvalue weighted by Gasteiger charge is 2.53. The summed E-state index contributed by atoms with van der Waals surface area (Å²) in [6.07, 6.45) is 3.23. The van der Waals surface area contributed by atoms with Gasteiger partial charge < -0.3 is 11.1 Å². The molecule has 0 aliphatic heterocycles. The lowest BCUT2D eigenvalue weighted by Gasteiger charge is -2.33. The smallest absolute Gasteiger partial charge is 0.0737 e. The van der Waals surface area contributed by atoms with Gasteiger partial charge in [0.05, 0.1) is 16.8 Å². The molecule has 0 atom stereocenters. The van der Waals surface area contributed by atoms with Crippen molar-refractivity contribution in [2.45, 2.75) is 12.3 Å². The van der Waals surface area contributed by atoms with E-state index in [4.69, 9.17) is 5.73 Å². The average Bonchev–Trinajstić information content (AvgIpc) is 3.69. The van der Waals surface area contributed by atoms with Crippen LogP contribution in [0.3, 0.4) is 0 Å². The van der Waals surface area contributed by atoms with Crippen molar-refractivity contribution in [1.29, 1.82) is 0 Å².